The molecule has 0 aliphatic carbocycles. The van der Waals surface area contributed by atoms with E-state index >= 15 is 0 Å². The first kappa shape index (κ1) is 21.3. The van der Waals surface area contributed by atoms with Gasteiger partial charge in [-0.2, -0.15) is 4.31 Å². The smallest absolute Gasteiger partial charge is 0.408 e. The van der Waals surface area contributed by atoms with E-state index in [-0.39, 0.29) is 22.9 Å². The van der Waals surface area contributed by atoms with Crippen molar-refractivity contribution in [2.75, 3.05) is 18.4 Å². The van der Waals surface area contributed by atoms with E-state index in [0.29, 0.717) is 30.6 Å². The van der Waals surface area contributed by atoms with Gasteiger partial charge in [-0.15, -0.1) is 0 Å². The van der Waals surface area contributed by atoms with Gasteiger partial charge in [-0.05, 0) is 49.1 Å². The Kier molecular flexibility index (Phi) is 5.72. The lowest BCUT2D eigenvalue weighted by Gasteiger charge is -2.31. The van der Waals surface area contributed by atoms with Gasteiger partial charge in [0.1, 0.15) is 0 Å². The Bertz CT molecular complexity index is 1290. The second-order valence-corrected chi connectivity index (χ2v) is 9.74. The minimum absolute atomic E-state index is 0.0473. The van der Waals surface area contributed by atoms with E-state index in [1.165, 1.54) is 21.0 Å². The third-order valence-electron chi connectivity index (χ3n) is 5.76. The Balaban J connectivity index is 1.53. The molecule has 0 saturated carbocycles. The standard InChI is InChI=1S/C22H25N3O5S/c1-3-15-6-4-8-17(12-15)23-21(26)16-7-5-11-25(14-16)31(28,29)18-9-10-19-20(13-18)30-22(27)24(19)2/h4,6,8-10,12-13,16H,3,5,7,11,14H2,1-2H3,(H,23,26)/t16-/m0/s1. The first-order chi connectivity index (χ1) is 14.8. The van der Waals surface area contributed by atoms with E-state index in [1.807, 2.05) is 31.2 Å². The Morgan fingerprint density at radius 2 is 2.03 bits per heavy atom. The molecule has 1 aliphatic rings. The van der Waals surface area contributed by atoms with Gasteiger partial charge in [0.15, 0.2) is 5.58 Å². The molecule has 1 aromatic heterocycles. The molecule has 31 heavy (non-hydrogen) atoms. The number of aromatic nitrogens is 1. The number of rotatable bonds is 5. The van der Waals surface area contributed by atoms with Crippen molar-refractivity contribution in [2.24, 2.45) is 13.0 Å². The fourth-order valence-corrected chi connectivity index (χ4v) is 5.45. The molecule has 0 radical (unpaired) electrons. The summed E-state index contributed by atoms with van der Waals surface area (Å²) >= 11 is 0. The van der Waals surface area contributed by atoms with Gasteiger partial charge in [0.2, 0.25) is 15.9 Å². The van der Waals surface area contributed by atoms with Crippen molar-refractivity contribution < 1.29 is 17.6 Å². The van der Waals surface area contributed by atoms with E-state index in [9.17, 15) is 18.0 Å². The SMILES string of the molecule is CCc1cccc(NC(=O)[C@H]2CCCN(S(=O)(=O)c3ccc4c(c3)oc(=O)n4C)C2)c1. The van der Waals surface area contributed by atoms with Crippen LogP contribution in [0.5, 0.6) is 0 Å². The zero-order valence-corrected chi connectivity index (χ0v) is 18.3. The van der Waals surface area contributed by atoms with Gasteiger partial charge in [0.05, 0.1) is 16.3 Å². The number of sulfonamides is 1. The fraction of sp³-hybridized carbons (Fsp3) is 0.364. The average Bonchev–Trinajstić information content (AvgIpc) is 3.07. The van der Waals surface area contributed by atoms with Crippen molar-refractivity contribution in [2.45, 2.75) is 31.1 Å². The van der Waals surface area contributed by atoms with Crippen molar-refractivity contribution >= 4 is 32.7 Å². The Labute approximate surface area is 180 Å². The highest BCUT2D eigenvalue weighted by Gasteiger charge is 2.33. The molecule has 1 aliphatic heterocycles. The highest BCUT2D eigenvalue weighted by atomic mass is 32.2. The van der Waals surface area contributed by atoms with Crippen molar-refractivity contribution in [1.29, 1.82) is 0 Å². The molecule has 1 atom stereocenters. The van der Waals surface area contributed by atoms with Gasteiger partial charge < -0.3 is 9.73 Å². The molecule has 1 N–H and O–H groups in total. The number of hydrogen-bond acceptors (Lipinski definition) is 5. The molecule has 164 valence electrons. The van der Waals surface area contributed by atoms with E-state index in [4.69, 9.17) is 4.42 Å². The van der Waals surface area contributed by atoms with E-state index in [1.54, 1.807) is 13.1 Å². The highest BCUT2D eigenvalue weighted by Crippen LogP contribution is 2.27. The number of piperidine rings is 1. The summed E-state index contributed by atoms with van der Waals surface area (Å²) in [7, 11) is -2.26. The monoisotopic (exact) mass is 443 g/mol. The molecular formula is C22H25N3O5S. The van der Waals surface area contributed by atoms with Crippen LogP contribution >= 0.6 is 0 Å². The molecule has 8 nitrogen and oxygen atoms in total. The number of oxazole rings is 1. The van der Waals surface area contributed by atoms with Gasteiger partial charge in [-0.25, -0.2) is 13.2 Å². The number of fused-ring (bicyclic) bond motifs is 1. The number of benzene rings is 2. The number of carbonyl (C=O) groups excluding carboxylic acids is 1. The molecule has 9 heteroatoms. The summed E-state index contributed by atoms with van der Waals surface area (Å²) in [6, 6.07) is 12.0. The summed E-state index contributed by atoms with van der Waals surface area (Å²) < 4.78 is 34.2. The molecule has 0 spiro atoms. The summed E-state index contributed by atoms with van der Waals surface area (Å²) in [4.78, 5) is 24.6. The molecule has 0 unspecified atom stereocenters. The minimum Gasteiger partial charge on any atom is -0.408 e. The largest absolute Gasteiger partial charge is 0.419 e. The van der Waals surface area contributed by atoms with Gasteiger partial charge in [0, 0.05) is 31.9 Å². The lowest BCUT2D eigenvalue weighted by molar-refractivity contribution is -0.120. The maximum atomic E-state index is 13.2. The van der Waals surface area contributed by atoms with Crippen LogP contribution in [-0.2, 0) is 28.3 Å². The van der Waals surface area contributed by atoms with Crippen LogP contribution in [0.3, 0.4) is 0 Å². The molecule has 2 aromatic carbocycles. The summed E-state index contributed by atoms with van der Waals surface area (Å²) in [6.45, 7) is 2.50. The van der Waals surface area contributed by atoms with Crippen LogP contribution in [0, 0.1) is 5.92 Å². The van der Waals surface area contributed by atoms with Crippen LogP contribution in [0.25, 0.3) is 11.1 Å². The first-order valence-electron chi connectivity index (χ1n) is 10.3. The van der Waals surface area contributed by atoms with Crippen molar-refractivity contribution in [3.05, 3.63) is 58.6 Å². The molecule has 4 rings (SSSR count). The Hall–Kier alpha value is -2.91. The predicted molar refractivity (Wildman–Crippen MR) is 117 cm³/mol. The van der Waals surface area contributed by atoms with Gasteiger partial charge in [-0.3, -0.25) is 9.36 Å². The molecule has 1 saturated heterocycles. The lowest BCUT2D eigenvalue weighted by atomic mass is 9.98. The Morgan fingerprint density at radius 3 is 2.81 bits per heavy atom. The maximum Gasteiger partial charge on any atom is 0.419 e. The molecule has 3 aromatic rings. The summed E-state index contributed by atoms with van der Waals surface area (Å²) in [5, 5.41) is 2.92. The zero-order valence-electron chi connectivity index (χ0n) is 17.5. The molecule has 0 bridgehead atoms. The number of hydrogen-bond donors (Lipinski definition) is 1. The second-order valence-electron chi connectivity index (χ2n) is 7.80. The quantitative estimate of drug-likeness (QED) is 0.653. The van der Waals surface area contributed by atoms with Crippen LogP contribution < -0.4 is 11.1 Å². The number of amides is 1. The van der Waals surface area contributed by atoms with Crippen LogP contribution in [-0.4, -0.2) is 36.3 Å². The number of carbonyl (C=O) groups is 1. The summed E-state index contributed by atoms with van der Waals surface area (Å²) in [5.41, 5.74) is 2.58. The van der Waals surface area contributed by atoms with Crippen LogP contribution in [0.1, 0.15) is 25.3 Å². The number of anilines is 1. The van der Waals surface area contributed by atoms with Gasteiger partial charge in [-0.1, -0.05) is 19.1 Å². The van der Waals surface area contributed by atoms with Crippen LogP contribution in [0.2, 0.25) is 0 Å². The van der Waals surface area contributed by atoms with Crippen LogP contribution in [0.15, 0.2) is 56.6 Å². The van der Waals surface area contributed by atoms with E-state index in [0.717, 1.165) is 12.0 Å². The fourth-order valence-electron chi connectivity index (χ4n) is 3.91. The van der Waals surface area contributed by atoms with Crippen molar-refractivity contribution in [1.82, 2.24) is 8.87 Å². The van der Waals surface area contributed by atoms with Crippen molar-refractivity contribution in [3.8, 4) is 0 Å². The number of nitrogens with zero attached hydrogens (tertiary/aromatic N) is 2. The maximum absolute atomic E-state index is 13.2. The third-order valence-corrected chi connectivity index (χ3v) is 7.62. The molecule has 1 amide bonds. The zero-order chi connectivity index (χ0) is 22.2. The van der Waals surface area contributed by atoms with Gasteiger partial charge >= 0.3 is 5.76 Å². The summed E-state index contributed by atoms with van der Waals surface area (Å²) in [6.07, 6.45) is 2.08. The first-order valence-corrected chi connectivity index (χ1v) is 11.7. The van der Waals surface area contributed by atoms with E-state index < -0.39 is 21.7 Å². The molecular weight excluding hydrogens is 418 g/mol. The van der Waals surface area contributed by atoms with E-state index in [2.05, 4.69) is 5.32 Å². The lowest BCUT2D eigenvalue weighted by Crippen LogP contribution is -2.43. The Morgan fingerprint density at radius 1 is 1.23 bits per heavy atom. The average molecular weight is 444 g/mol. The van der Waals surface area contributed by atoms with Gasteiger partial charge in [0.25, 0.3) is 0 Å². The summed E-state index contributed by atoms with van der Waals surface area (Å²) in [5.74, 6) is -1.17. The minimum atomic E-state index is -3.83. The molecule has 2 heterocycles. The molecule has 1 fully saturated rings. The topological polar surface area (TPSA) is 102 Å². The number of nitrogens with one attached hydrogen (secondary N) is 1. The third kappa shape index (κ3) is 4.15. The van der Waals surface area contributed by atoms with Crippen molar-refractivity contribution in [3.63, 3.8) is 0 Å². The second kappa shape index (κ2) is 8.32. The number of aryl methyl sites for hydroxylation is 2. The normalized spacial score (nSPS) is 17.7. The predicted octanol–water partition coefficient (Wildman–Crippen LogP) is 2.73. The van der Waals surface area contributed by atoms with Crippen LogP contribution in [0.4, 0.5) is 5.69 Å². The highest BCUT2D eigenvalue weighted by molar-refractivity contribution is 7.89.